The highest BCUT2D eigenvalue weighted by Crippen LogP contribution is 2.08. The van der Waals surface area contributed by atoms with E-state index in [4.69, 9.17) is 4.74 Å². The molecule has 1 aromatic heterocycles. The van der Waals surface area contributed by atoms with Crippen LogP contribution in [-0.4, -0.2) is 59.8 Å². The molecule has 1 atom stereocenters. The lowest BCUT2D eigenvalue weighted by molar-refractivity contribution is -0.0246. The van der Waals surface area contributed by atoms with Crippen LogP contribution in [0.2, 0.25) is 0 Å². The zero-order valence-electron chi connectivity index (χ0n) is 11.0. The van der Waals surface area contributed by atoms with Crippen molar-refractivity contribution >= 4 is 5.91 Å². The first kappa shape index (κ1) is 13.8. The van der Waals surface area contributed by atoms with Crippen molar-refractivity contribution in [1.29, 1.82) is 0 Å². The highest BCUT2D eigenvalue weighted by molar-refractivity contribution is 5.94. The van der Waals surface area contributed by atoms with Gasteiger partial charge >= 0.3 is 0 Å². The molecule has 6 nitrogen and oxygen atoms in total. The number of hydrogen-bond donors (Lipinski definition) is 2. The molecule has 0 radical (unpaired) electrons. The topological polar surface area (TPSA) is 74.7 Å². The number of aromatic hydroxyl groups is 1. The molecule has 19 heavy (non-hydrogen) atoms. The maximum Gasteiger partial charge on any atom is 0.253 e. The molecule has 2 heterocycles. The average Bonchev–Trinajstić information content (AvgIpc) is 2.45. The van der Waals surface area contributed by atoms with Crippen molar-refractivity contribution in [3.05, 3.63) is 24.0 Å². The Morgan fingerprint density at radius 2 is 2.47 bits per heavy atom. The summed E-state index contributed by atoms with van der Waals surface area (Å²) in [5, 5.41) is 12.1. The first-order valence-electron chi connectivity index (χ1n) is 6.45. The van der Waals surface area contributed by atoms with Crippen LogP contribution in [0.5, 0.6) is 5.75 Å². The van der Waals surface area contributed by atoms with E-state index in [-0.39, 0.29) is 17.8 Å². The Kier molecular flexibility index (Phi) is 4.70. The fourth-order valence-corrected chi connectivity index (χ4v) is 2.05. The Morgan fingerprint density at radius 3 is 3.21 bits per heavy atom. The van der Waals surface area contributed by atoms with Gasteiger partial charge in [0.25, 0.3) is 5.91 Å². The maximum absolute atomic E-state index is 11.9. The monoisotopic (exact) mass is 265 g/mol. The first-order chi connectivity index (χ1) is 9.19. The molecule has 1 amide bonds. The Morgan fingerprint density at radius 1 is 1.63 bits per heavy atom. The number of morpholine rings is 1. The van der Waals surface area contributed by atoms with E-state index in [1.165, 1.54) is 18.5 Å². The third-order valence-corrected chi connectivity index (χ3v) is 3.15. The van der Waals surface area contributed by atoms with Gasteiger partial charge in [-0.25, -0.2) is 0 Å². The van der Waals surface area contributed by atoms with Crippen LogP contribution in [0.4, 0.5) is 0 Å². The third kappa shape index (κ3) is 3.90. The molecule has 2 rings (SSSR count). The predicted molar refractivity (Wildman–Crippen MR) is 70.1 cm³/mol. The summed E-state index contributed by atoms with van der Waals surface area (Å²) in [6.07, 6.45) is 2.73. The molecule has 0 aromatic carbocycles. The third-order valence-electron chi connectivity index (χ3n) is 3.15. The lowest BCUT2D eigenvalue weighted by Gasteiger charge is -2.32. The smallest absolute Gasteiger partial charge is 0.253 e. The van der Waals surface area contributed by atoms with Crippen LogP contribution in [0.25, 0.3) is 0 Å². The van der Waals surface area contributed by atoms with E-state index in [1.54, 1.807) is 0 Å². The number of amides is 1. The van der Waals surface area contributed by atoms with Crippen molar-refractivity contribution in [2.45, 2.75) is 13.0 Å². The van der Waals surface area contributed by atoms with Crippen molar-refractivity contribution in [3.8, 4) is 5.75 Å². The molecule has 0 spiro atoms. The molecule has 104 valence electrons. The SMILES string of the molecule is CCN1CCOC(CNC(=O)c2cncc(O)c2)C1. The standard InChI is InChI=1S/C13H19N3O3/c1-2-16-3-4-19-12(9-16)8-15-13(18)10-5-11(17)7-14-6-10/h5-7,12,17H,2-4,8-9H2,1H3,(H,15,18). The van der Waals surface area contributed by atoms with E-state index in [9.17, 15) is 9.90 Å². The molecule has 1 aliphatic rings. The Bertz CT molecular complexity index is 439. The van der Waals surface area contributed by atoms with Crippen molar-refractivity contribution in [2.24, 2.45) is 0 Å². The Labute approximate surface area is 112 Å². The molecule has 1 unspecified atom stereocenters. The van der Waals surface area contributed by atoms with Gasteiger partial charge in [-0.3, -0.25) is 14.7 Å². The molecule has 1 fully saturated rings. The fourth-order valence-electron chi connectivity index (χ4n) is 2.05. The summed E-state index contributed by atoms with van der Waals surface area (Å²) >= 11 is 0. The minimum absolute atomic E-state index is 0.0151. The van der Waals surface area contributed by atoms with Gasteiger partial charge in [-0.1, -0.05) is 6.92 Å². The van der Waals surface area contributed by atoms with Crippen LogP contribution in [0.3, 0.4) is 0 Å². The van der Waals surface area contributed by atoms with E-state index in [0.717, 1.165) is 19.6 Å². The summed E-state index contributed by atoms with van der Waals surface area (Å²) in [6.45, 7) is 6.03. The number of carbonyl (C=O) groups excluding carboxylic acids is 1. The molecular weight excluding hydrogens is 246 g/mol. The van der Waals surface area contributed by atoms with Gasteiger partial charge in [-0.2, -0.15) is 0 Å². The quantitative estimate of drug-likeness (QED) is 0.815. The van der Waals surface area contributed by atoms with Crippen LogP contribution in [-0.2, 0) is 4.74 Å². The van der Waals surface area contributed by atoms with E-state index < -0.39 is 0 Å². The highest BCUT2D eigenvalue weighted by atomic mass is 16.5. The van der Waals surface area contributed by atoms with Gasteiger partial charge in [0.2, 0.25) is 0 Å². The van der Waals surface area contributed by atoms with Crippen molar-refractivity contribution in [3.63, 3.8) is 0 Å². The number of carbonyl (C=O) groups is 1. The molecule has 6 heteroatoms. The zero-order valence-corrected chi connectivity index (χ0v) is 11.0. The summed E-state index contributed by atoms with van der Waals surface area (Å²) in [6, 6.07) is 1.39. The van der Waals surface area contributed by atoms with Crippen LogP contribution < -0.4 is 5.32 Å². The number of likely N-dealkylation sites (N-methyl/N-ethyl adjacent to an activating group) is 1. The van der Waals surface area contributed by atoms with E-state index in [1.807, 2.05) is 0 Å². The summed E-state index contributed by atoms with van der Waals surface area (Å²) < 4.78 is 5.60. The van der Waals surface area contributed by atoms with E-state index in [2.05, 4.69) is 22.1 Å². The first-order valence-corrected chi connectivity index (χ1v) is 6.45. The van der Waals surface area contributed by atoms with Crippen LogP contribution in [0.15, 0.2) is 18.5 Å². The molecule has 2 N–H and O–H groups in total. The van der Waals surface area contributed by atoms with Gasteiger partial charge in [0.1, 0.15) is 5.75 Å². The lowest BCUT2D eigenvalue weighted by atomic mass is 10.2. The number of nitrogens with one attached hydrogen (secondary N) is 1. The molecular formula is C13H19N3O3. The van der Waals surface area contributed by atoms with Crippen LogP contribution >= 0.6 is 0 Å². The summed E-state index contributed by atoms with van der Waals surface area (Å²) in [5.74, 6) is -0.264. The number of hydrogen-bond acceptors (Lipinski definition) is 5. The molecule has 0 aliphatic carbocycles. The molecule has 0 bridgehead atoms. The Balaban J connectivity index is 1.83. The zero-order chi connectivity index (χ0) is 13.7. The average molecular weight is 265 g/mol. The number of pyridine rings is 1. The second-order valence-electron chi connectivity index (χ2n) is 4.53. The number of aromatic nitrogens is 1. The van der Waals surface area contributed by atoms with Crippen molar-refractivity contribution in [1.82, 2.24) is 15.2 Å². The van der Waals surface area contributed by atoms with Crippen molar-refractivity contribution < 1.29 is 14.6 Å². The summed E-state index contributed by atoms with van der Waals surface area (Å²) in [4.78, 5) is 17.9. The molecule has 1 saturated heterocycles. The summed E-state index contributed by atoms with van der Waals surface area (Å²) in [7, 11) is 0. The minimum atomic E-state index is -0.249. The van der Waals surface area contributed by atoms with Gasteiger partial charge in [0, 0.05) is 25.8 Å². The lowest BCUT2D eigenvalue weighted by Crippen LogP contribution is -2.47. The van der Waals surface area contributed by atoms with E-state index in [0.29, 0.717) is 18.7 Å². The summed E-state index contributed by atoms with van der Waals surface area (Å²) in [5.41, 5.74) is 0.350. The van der Waals surface area contributed by atoms with Crippen molar-refractivity contribution in [2.75, 3.05) is 32.8 Å². The predicted octanol–water partition coefficient (Wildman–Crippen LogP) is 0.238. The molecule has 1 aromatic rings. The number of nitrogens with zero attached hydrogens (tertiary/aromatic N) is 2. The number of rotatable bonds is 4. The van der Waals surface area contributed by atoms with Gasteiger partial charge < -0.3 is 15.2 Å². The van der Waals surface area contributed by atoms with Gasteiger partial charge in [0.05, 0.1) is 24.5 Å². The Hall–Kier alpha value is -1.66. The van der Waals surface area contributed by atoms with Gasteiger partial charge in [-0.05, 0) is 12.6 Å². The van der Waals surface area contributed by atoms with E-state index >= 15 is 0 Å². The highest BCUT2D eigenvalue weighted by Gasteiger charge is 2.20. The fraction of sp³-hybridized carbons (Fsp3) is 0.538. The molecule has 0 saturated carbocycles. The normalized spacial score (nSPS) is 20.2. The molecule has 1 aliphatic heterocycles. The van der Waals surface area contributed by atoms with Gasteiger partial charge in [-0.15, -0.1) is 0 Å². The maximum atomic E-state index is 11.9. The number of ether oxygens (including phenoxy) is 1. The second-order valence-corrected chi connectivity index (χ2v) is 4.53. The minimum Gasteiger partial charge on any atom is -0.506 e. The van der Waals surface area contributed by atoms with Gasteiger partial charge in [0.15, 0.2) is 0 Å². The largest absolute Gasteiger partial charge is 0.506 e. The second kappa shape index (κ2) is 6.49. The van der Waals surface area contributed by atoms with Crippen LogP contribution in [0, 0.1) is 0 Å². The van der Waals surface area contributed by atoms with Crippen LogP contribution in [0.1, 0.15) is 17.3 Å².